The molecule has 0 aromatic carbocycles. The van der Waals surface area contributed by atoms with Crippen LogP contribution < -0.4 is 0 Å². The molecule has 2 rings (SSSR count). The Balaban J connectivity index is 1.86. The summed E-state index contributed by atoms with van der Waals surface area (Å²) in [5.41, 5.74) is 0. The van der Waals surface area contributed by atoms with Gasteiger partial charge in [-0.3, -0.25) is 9.69 Å². The molecule has 0 aliphatic carbocycles. The minimum absolute atomic E-state index is 0.195. The van der Waals surface area contributed by atoms with Gasteiger partial charge >= 0.3 is 0 Å². The van der Waals surface area contributed by atoms with Gasteiger partial charge in [0, 0.05) is 45.7 Å². The Hall–Kier alpha value is -0.610. The molecule has 104 valence electrons. The molecule has 4 heteroatoms. The van der Waals surface area contributed by atoms with Gasteiger partial charge in [-0.2, -0.15) is 0 Å². The summed E-state index contributed by atoms with van der Waals surface area (Å²) in [6.45, 7) is 9.79. The third-order valence-corrected chi connectivity index (χ3v) is 4.68. The molecule has 0 bridgehead atoms. The van der Waals surface area contributed by atoms with Gasteiger partial charge in [-0.25, -0.2) is 0 Å². The fraction of sp³-hybridized carbons (Fsp3) is 0.929. The van der Waals surface area contributed by atoms with Crippen LogP contribution in [0.4, 0.5) is 0 Å². The van der Waals surface area contributed by atoms with Gasteiger partial charge in [-0.15, -0.1) is 0 Å². The van der Waals surface area contributed by atoms with Gasteiger partial charge in [-0.1, -0.05) is 6.92 Å². The molecule has 2 aliphatic heterocycles. The third-order valence-electron chi connectivity index (χ3n) is 4.68. The van der Waals surface area contributed by atoms with E-state index in [-0.39, 0.29) is 5.91 Å². The Kier molecular flexibility index (Phi) is 4.62. The number of amides is 1. The van der Waals surface area contributed by atoms with Crippen molar-refractivity contribution in [1.29, 1.82) is 0 Å². The van der Waals surface area contributed by atoms with Crippen molar-refractivity contribution in [3.8, 4) is 0 Å². The Bertz CT molecular complexity index is 295. The molecule has 2 saturated heterocycles. The van der Waals surface area contributed by atoms with Crippen molar-refractivity contribution in [2.24, 2.45) is 0 Å². The van der Waals surface area contributed by atoms with E-state index in [1.54, 1.807) is 6.92 Å². The van der Waals surface area contributed by atoms with Crippen molar-refractivity contribution >= 4 is 5.91 Å². The first-order valence-electron chi connectivity index (χ1n) is 7.31. The Morgan fingerprint density at radius 1 is 1.28 bits per heavy atom. The zero-order valence-corrected chi connectivity index (χ0v) is 12.1. The maximum absolute atomic E-state index is 11.4. The van der Waals surface area contributed by atoms with E-state index in [1.165, 1.54) is 32.5 Å². The molecule has 0 radical (unpaired) electrons. The maximum atomic E-state index is 11.4. The van der Waals surface area contributed by atoms with Gasteiger partial charge in [0.1, 0.15) is 0 Å². The highest BCUT2D eigenvalue weighted by molar-refractivity contribution is 5.73. The topological polar surface area (TPSA) is 26.8 Å². The lowest BCUT2D eigenvalue weighted by atomic mass is 10.0. The van der Waals surface area contributed by atoms with Crippen molar-refractivity contribution in [3.63, 3.8) is 0 Å². The molecule has 0 aromatic rings. The number of likely N-dealkylation sites (tertiary alicyclic amines) is 2. The molecule has 2 aliphatic rings. The summed E-state index contributed by atoms with van der Waals surface area (Å²) in [5.74, 6) is 0.195. The first kappa shape index (κ1) is 13.8. The summed E-state index contributed by atoms with van der Waals surface area (Å²) >= 11 is 0. The van der Waals surface area contributed by atoms with Crippen LogP contribution in [-0.2, 0) is 4.79 Å². The van der Waals surface area contributed by atoms with Gasteiger partial charge in [0.2, 0.25) is 5.91 Å². The fourth-order valence-corrected chi connectivity index (χ4v) is 3.29. The highest BCUT2D eigenvalue weighted by Crippen LogP contribution is 2.22. The van der Waals surface area contributed by atoms with E-state index in [1.807, 2.05) is 11.9 Å². The van der Waals surface area contributed by atoms with Crippen molar-refractivity contribution in [2.75, 3.05) is 39.8 Å². The zero-order valence-electron chi connectivity index (χ0n) is 12.1. The number of nitrogens with zero attached hydrogens (tertiary/aromatic N) is 3. The lowest BCUT2D eigenvalue weighted by Crippen LogP contribution is -2.48. The Morgan fingerprint density at radius 3 is 2.72 bits per heavy atom. The second kappa shape index (κ2) is 6.02. The molecule has 0 aromatic heterocycles. The van der Waals surface area contributed by atoms with Crippen LogP contribution in [-0.4, -0.2) is 72.5 Å². The van der Waals surface area contributed by atoms with Crippen LogP contribution in [0.3, 0.4) is 0 Å². The van der Waals surface area contributed by atoms with Crippen LogP contribution in [0, 0.1) is 0 Å². The monoisotopic (exact) mass is 253 g/mol. The fourth-order valence-electron chi connectivity index (χ4n) is 3.29. The highest BCUT2D eigenvalue weighted by Gasteiger charge is 2.32. The van der Waals surface area contributed by atoms with Crippen molar-refractivity contribution < 1.29 is 4.79 Å². The molecule has 1 amide bonds. The molecule has 2 fully saturated rings. The smallest absolute Gasteiger partial charge is 0.219 e. The van der Waals surface area contributed by atoms with E-state index in [0.717, 1.165) is 19.5 Å². The van der Waals surface area contributed by atoms with Crippen LogP contribution >= 0.6 is 0 Å². The lowest BCUT2D eigenvalue weighted by molar-refractivity contribution is -0.129. The summed E-state index contributed by atoms with van der Waals surface area (Å²) in [4.78, 5) is 18.5. The molecule has 0 N–H and O–H groups in total. The summed E-state index contributed by atoms with van der Waals surface area (Å²) in [6, 6.07) is 1.14. The first-order chi connectivity index (χ1) is 8.61. The Morgan fingerprint density at radius 2 is 2.06 bits per heavy atom. The van der Waals surface area contributed by atoms with Crippen LogP contribution in [0.5, 0.6) is 0 Å². The molecule has 0 unspecified atom stereocenters. The zero-order chi connectivity index (χ0) is 13.1. The van der Waals surface area contributed by atoms with E-state index in [9.17, 15) is 4.79 Å². The second-order valence-electron chi connectivity index (χ2n) is 5.76. The highest BCUT2D eigenvalue weighted by atomic mass is 16.2. The SMILES string of the molecule is CCN1CCC[C@H](N2CC[C@H](N(C)C(C)=O)C2)C1. The minimum atomic E-state index is 0.195. The number of carbonyl (C=O) groups is 1. The molecule has 2 heterocycles. The number of rotatable bonds is 3. The lowest BCUT2D eigenvalue weighted by Gasteiger charge is -2.37. The van der Waals surface area contributed by atoms with Crippen LogP contribution in [0.15, 0.2) is 0 Å². The first-order valence-corrected chi connectivity index (χ1v) is 7.31. The molecular formula is C14H27N3O. The second-order valence-corrected chi connectivity index (χ2v) is 5.76. The average molecular weight is 253 g/mol. The molecule has 2 atom stereocenters. The van der Waals surface area contributed by atoms with Gasteiger partial charge in [0.25, 0.3) is 0 Å². The standard InChI is InChI=1S/C14H27N3O/c1-4-16-8-5-6-14(10-16)17-9-7-13(11-17)15(3)12(2)18/h13-14H,4-11H2,1-3H3/t13-,14-/m0/s1. The van der Waals surface area contributed by atoms with Gasteiger partial charge in [0.05, 0.1) is 0 Å². The number of likely N-dealkylation sites (N-methyl/N-ethyl adjacent to an activating group) is 2. The summed E-state index contributed by atoms with van der Waals surface area (Å²) in [6.07, 6.45) is 3.79. The van der Waals surface area contributed by atoms with Crippen LogP contribution in [0.1, 0.15) is 33.1 Å². The molecule has 0 spiro atoms. The van der Waals surface area contributed by atoms with Crippen molar-refractivity contribution in [2.45, 2.75) is 45.2 Å². The number of hydrogen-bond donors (Lipinski definition) is 0. The van der Waals surface area contributed by atoms with E-state index in [4.69, 9.17) is 0 Å². The minimum Gasteiger partial charge on any atom is -0.342 e. The molecule has 0 saturated carbocycles. The third kappa shape index (κ3) is 3.04. The van der Waals surface area contributed by atoms with Gasteiger partial charge in [0.15, 0.2) is 0 Å². The summed E-state index contributed by atoms with van der Waals surface area (Å²) in [5, 5.41) is 0. The Labute approximate surface area is 111 Å². The van der Waals surface area contributed by atoms with Crippen molar-refractivity contribution in [3.05, 3.63) is 0 Å². The van der Waals surface area contributed by atoms with Crippen LogP contribution in [0.25, 0.3) is 0 Å². The van der Waals surface area contributed by atoms with E-state index < -0.39 is 0 Å². The van der Waals surface area contributed by atoms with Crippen LogP contribution in [0.2, 0.25) is 0 Å². The number of hydrogen-bond acceptors (Lipinski definition) is 3. The van der Waals surface area contributed by atoms with Gasteiger partial charge < -0.3 is 9.80 Å². The molecular weight excluding hydrogens is 226 g/mol. The number of piperidine rings is 1. The summed E-state index contributed by atoms with van der Waals surface area (Å²) < 4.78 is 0. The van der Waals surface area contributed by atoms with E-state index >= 15 is 0 Å². The maximum Gasteiger partial charge on any atom is 0.219 e. The average Bonchev–Trinajstić information content (AvgIpc) is 2.87. The van der Waals surface area contributed by atoms with Crippen molar-refractivity contribution in [1.82, 2.24) is 14.7 Å². The predicted molar refractivity (Wildman–Crippen MR) is 73.6 cm³/mol. The van der Waals surface area contributed by atoms with Gasteiger partial charge in [-0.05, 0) is 32.4 Å². The van der Waals surface area contributed by atoms with E-state index in [0.29, 0.717) is 12.1 Å². The quantitative estimate of drug-likeness (QED) is 0.751. The number of carbonyl (C=O) groups excluding carboxylic acids is 1. The molecule has 18 heavy (non-hydrogen) atoms. The molecule has 4 nitrogen and oxygen atoms in total. The predicted octanol–water partition coefficient (Wildman–Crippen LogP) is 1.02. The normalized spacial score (nSPS) is 30.6. The summed E-state index contributed by atoms with van der Waals surface area (Å²) in [7, 11) is 1.94. The van der Waals surface area contributed by atoms with E-state index in [2.05, 4.69) is 16.7 Å². The largest absolute Gasteiger partial charge is 0.342 e.